The number of nitrogens with zero attached hydrogens (tertiary/aromatic N) is 2. The quantitative estimate of drug-likeness (QED) is 0.207. The van der Waals surface area contributed by atoms with Gasteiger partial charge in [0.05, 0.1) is 11.3 Å². The van der Waals surface area contributed by atoms with Crippen molar-refractivity contribution in [1.29, 1.82) is 0 Å². The molecule has 5 heterocycles. The number of fused-ring (bicyclic) bond motifs is 6. The van der Waals surface area contributed by atoms with Crippen LogP contribution in [0.2, 0.25) is 0 Å². The molecule has 0 amide bonds. The summed E-state index contributed by atoms with van der Waals surface area (Å²) in [5.41, 5.74) is 19.4. The molecule has 0 aliphatic carbocycles. The van der Waals surface area contributed by atoms with Gasteiger partial charge in [0.2, 0.25) is 25.2 Å². The highest BCUT2D eigenvalue weighted by atomic mass is 16.4. The predicted molar refractivity (Wildman–Crippen MR) is 271 cm³/mol. The van der Waals surface area contributed by atoms with Crippen LogP contribution >= 0.6 is 0 Å². The second kappa shape index (κ2) is 14.9. The maximum absolute atomic E-state index is 7.09. The molecule has 64 heavy (non-hydrogen) atoms. The van der Waals surface area contributed by atoms with E-state index in [1.54, 1.807) is 0 Å². The number of rotatable bonds is 8. The van der Waals surface area contributed by atoms with Crippen LogP contribution in [0.3, 0.4) is 0 Å². The number of anilines is 6. The summed E-state index contributed by atoms with van der Waals surface area (Å²) < 4.78 is 14.2. The second-order valence-corrected chi connectivity index (χ2v) is 17.1. The van der Waals surface area contributed by atoms with Gasteiger partial charge in [0.15, 0.2) is 0 Å². The standard InChI is InChI=1S/C56H38B4N2O2/c1-5-19-39(20-6-1)61(40-21-7-2-8-22-40)53-37-35-51(63-53)57-43-27-13-15-29-45(43)59-50-34-18-32-48-56(50)60(49-33-17-31-47(57)55(49)59)46-30-16-14-28-44(46)58(48)52-36-38-54(64-52)62(41-23-9-3-10-24-41)42-25-11-4-12-26-42/h1-38H. The molecular weight excluding hydrogens is 776 g/mol. The molecule has 0 atom stereocenters. The molecule has 13 rings (SSSR count). The van der Waals surface area contributed by atoms with Crippen LogP contribution in [0.15, 0.2) is 239 Å². The normalized spacial score (nSPS) is 12.9. The van der Waals surface area contributed by atoms with E-state index in [2.05, 4.69) is 240 Å². The highest BCUT2D eigenvalue weighted by molar-refractivity contribution is 7.21. The third-order valence-corrected chi connectivity index (χ3v) is 13.7. The first-order chi connectivity index (χ1) is 31.8. The minimum Gasteiger partial charge on any atom is -0.454 e. The van der Waals surface area contributed by atoms with Crippen LogP contribution in [0.4, 0.5) is 34.5 Å². The molecule has 0 fully saturated rings. The van der Waals surface area contributed by atoms with Gasteiger partial charge in [-0.3, -0.25) is 9.80 Å². The summed E-state index contributed by atoms with van der Waals surface area (Å²) in [6.07, 6.45) is 0. The van der Waals surface area contributed by atoms with Crippen LogP contribution in [0.1, 0.15) is 0 Å². The van der Waals surface area contributed by atoms with Gasteiger partial charge in [0.25, 0.3) is 13.4 Å². The Balaban J connectivity index is 0.965. The van der Waals surface area contributed by atoms with Crippen molar-refractivity contribution in [2.75, 3.05) is 9.80 Å². The van der Waals surface area contributed by atoms with Crippen molar-refractivity contribution in [2.24, 2.45) is 0 Å². The fourth-order valence-corrected chi connectivity index (χ4v) is 11.2. The fourth-order valence-electron chi connectivity index (χ4n) is 11.2. The van der Waals surface area contributed by atoms with E-state index < -0.39 is 0 Å². The van der Waals surface area contributed by atoms with Gasteiger partial charge in [0, 0.05) is 34.9 Å². The van der Waals surface area contributed by atoms with E-state index in [-0.39, 0.29) is 26.9 Å². The van der Waals surface area contributed by atoms with Gasteiger partial charge in [-0.15, -0.1) is 0 Å². The molecule has 3 aliphatic rings. The predicted octanol–water partition coefficient (Wildman–Crippen LogP) is 4.82. The van der Waals surface area contributed by atoms with Crippen LogP contribution in [0.25, 0.3) is 0 Å². The van der Waals surface area contributed by atoms with Crippen molar-refractivity contribution in [3.8, 4) is 0 Å². The molecule has 4 nitrogen and oxygen atoms in total. The smallest absolute Gasteiger partial charge is 0.286 e. The Morgan fingerprint density at radius 3 is 0.828 bits per heavy atom. The number of hydrogen-bond acceptors (Lipinski definition) is 4. The first-order valence-electron chi connectivity index (χ1n) is 22.2. The zero-order valence-electron chi connectivity index (χ0n) is 35.0. The molecule has 0 spiro atoms. The summed E-state index contributed by atoms with van der Waals surface area (Å²) in [6, 6.07) is 82.8. The average Bonchev–Trinajstić information content (AvgIpc) is 4.04. The summed E-state index contributed by atoms with van der Waals surface area (Å²) in [6.45, 7) is -0.0394. The lowest BCUT2D eigenvalue weighted by atomic mass is 9.11. The van der Waals surface area contributed by atoms with Crippen molar-refractivity contribution in [2.45, 2.75) is 0 Å². The van der Waals surface area contributed by atoms with Crippen LogP contribution in [0.5, 0.6) is 0 Å². The van der Waals surface area contributed by atoms with E-state index >= 15 is 0 Å². The molecule has 0 radical (unpaired) electrons. The van der Waals surface area contributed by atoms with Gasteiger partial charge in [-0.2, -0.15) is 0 Å². The summed E-state index contributed by atoms with van der Waals surface area (Å²) >= 11 is 0. The van der Waals surface area contributed by atoms with Gasteiger partial charge in [-0.1, -0.05) is 212 Å². The summed E-state index contributed by atoms with van der Waals surface area (Å²) in [4.78, 5) is 4.41. The molecule has 0 unspecified atom stereocenters. The summed E-state index contributed by atoms with van der Waals surface area (Å²) in [5.74, 6) is 1.58. The molecule has 3 aliphatic heterocycles. The molecule has 2 aromatic heterocycles. The fraction of sp³-hybridized carbons (Fsp3) is 0. The monoisotopic (exact) mass is 814 g/mol. The summed E-state index contributed by atoms with van der Waals surface area (Å²) in [5, 5.41) is 0. The Morgan fingerprint density at radius 2 is 0.500 bits per heavy atom. The minimum atomic E-state index is -0.0837. The largest absolute Gasteiger partial charge is 0.454 e. The van der Waals surface area contributed by atoms with E-state index in [9.17, 15) is 0 Å². The van der Waals surface area contributed by atoms with Crippen molar-refractivity contribution >= 4 is 127 Å². The molecule has 296 valence electrons. The minimum absolute atomic E-state index is 0.0640. The lowest BCUT2D eigenvalue weighted by molar-refractivity contribution is 0.605. The number of benzene rings is 8. The molecule has 8 aromatic carbocycles. The molecule has 8 heteroatoms. The van der Waals surface area contributed by atoms with Crippen molar-refractivity contribution in [1.82, 2.24) is 0 Å². The van der Waals surface area contributed by atoms with E-state index in [4.69, 9.17) is 8.83 Å². The number of furan rings is 2. The molecular formula is C56H38B4N2O2. The number of para-hydroxylation sites is 4. The maximum atomic E-state index is 7.09. The van der Waals surface area contributed by atoms with Crippen LogP contribution in [-0.4, -0.2) is 26.9 Å². The Kier molecular flexibility index (Phi) is 8.58. The lowest BCUT2D eigenvalue weighted by Gasteiger charge is -2.42. The van der Waals surface area contributed by atoms with E-state index in [0.29, 0.717) is 0 Å². The Morgan fingerprint density at radius 1 is 0.234 bits per heavy atom. The first kappa shape index (κ1) is 36.8. The zero-order valence-corrected chi connectivity index (χ0v) is 35.0. The van der Waals surface area contributed by atoms with Crippen molar-refractivity contribution < 1.29 is 8.83 Å². The molecule has 0 bridgehead atoms. The zero-order chi connectivity index (χ0) is 42.1. The first-order valence-corrected chi connectivity index (χ1v) is 22.2. The summed E-state index contributed by atoms with van der Waals surface area (Å²) in [7, 11) is 0. The Hall–Kier alpha value is -7.82. The SMILES string of the molecule is c1ccc(N(c2ccccc2)c2ccc(B3c4ccccc4B4c5cccc6c5B(c5ccccc5B6c5ccc(N(c6ccccc6)c6ccccc6)o5)c5cccc3c54)o2)cc1. The molecule has 10 aromatic rings. The van der Waals surface area contributed by atoms with Gasteiger partial charge in [0.1, 0.15) is 0 Å². The third kappa shape index (κ3) is 5.68. The third-order valence-electron chi connectivity index (χ3n) is 13.7. The second-order valence-electron chi connectivity index (χ2n) is 17.1. The van der Waals surface area contributed by atoms with Crippen LogP contribution in [-0.2, 0) is 0 Å². The van der Waals surface area contributed by atoms with Gasteiger partial charge in [-0.25, -0.2) is 0 Å². The van der Waals surface area contributed by atoms with Crippen LogP contribution in [0, 0.1) is 0 Å². The highest BCUT2D eigenvalue weighted by Gasteiger charge is 2.51. The van der Waals surface area contributed by atoms with Gasteiger partial charge < -0.3 is 8.83 Å². The van der Waals surface area contributed by atoms with E-state index in [0.717, 1.165) is 45.8 Å². The lowest BCUT2D eigenvalue weighted by Crippen LogP contribution is -2.89. The topological polar surface area (TPSA) is 32.8 Å². The molecule has 0 saturated carbocycles. The van der Waals surface area contributed by atoms with Crippen LogP contribution < -0.4 is 75.7 Å². The maximum Gasteiger partial charge on any atom is 0.286 e. The average molecular weight is 814 g/mol. The molecule has 0 N–H and O–H groups in total. The highest BCUT2D eigenvalue weighted by Crippen LogP contribution is 2.35. The van der Waals surface area contributed by atoms with Crippen molar-refractivity contribution in [3.63, 3.8) is 0 Å². The van der Waals surface area contributed by atoms with E-state index in [1.807, 2.05) is 0 Å². The number of hydrogen-bond donors (Lipinski definition) is 0. The van der Waals surface area contributed by atoms with E-state index in [1.165, 1.54) is 54.6 Å². The van der Waals surface area contributed by atoms with Crippen molar-refractivity contribution in [3.05, 3.63) is 231 Å². The Labute approximate surface area is 374 Å². The van der Waals surface area contributed by atoms with Gasteiger partial charge >= 0.3 is 0 Å². The Bertz CT molecular complexity index is 3040. The molecule has 0 saturated heterocycles. The van der Waals surface area contributed by atoms with Gasteiger partial charge in [-0.05, 0) is 60.7 Å².